The molecule has 4 heterocycles. The SMILES string of the molecule is CO[C@@H](C[C@@H]1OC(=O)C[C@@H](O)CC(=O)/C=C(\O)[C@H](C)[C@H](OC)c2coc(n2)-c2coc(n2)-c2coc(n2)/C=C/CC[C@H]1C)[C@@H](C)CCC(=O)[C@H](C)[C@@H](C/C=C/N(C)C=O)OC. The van der Waals surface area contributed by atoms with Crippen LogP contribution < -0.4 is 0 Å². The topological polar surface area (TPSA) is 227 Å². The van der Waals surface area contributed by atoms with Crippen LogP contribution in [0, 0.1) is 23.7 Å². The number of ether oxygens (including phenoxy) is 4. The summed E-state index contributed by atoms with van der Waals surface area (Å²) in [7, 11) is 6.18. The fourth-order valence-corrected chi connectivity index (χ4v) is 7.10. The molecule has 0 radical (unpaired) electrons. The van der Waals surface area contributed by atoms with E-state index in [0.717, 1.165) is 6.08 Å². The summed E-state index contributed by atoms with van der Waals surface area (Å²) >= 11 is 0. The molecule has 334 valence electrons. The first-order valence-electron chi connectivity index (χ1n) is 20.5. The van der Waals surface area contributed by atoms with Gasteiger partial charge in [0.25, 0.3) is 0 Å². The average molecular weight is 853 g/mol. The molecule has 9 atom stereocenters. The van der Waals surface area contributed by atoms with Crippen molar-refractivity contribution in [1.82, 2.24) is 19.9 Å². The summed E-state index contributed by atoms with van der Waals surface area (Å²) in [4.78, 5) is 65.2. The van der Waals surface area contributed by atoms with Gasteiger partial charge in [-0.15, -0.1) is 0 Å². The van der Waals surface area contributed by atoms with Gasteiger partial charge < -0.3 is 47.3 Å². The highest BCUT2D eigenvalue weighted by molar-refractivity contribution is 5.90. The highest BCUT2D eigenvalue weighted by atomic mass is 16.5. The summed E-state index contributed by atoms with van der Waals surface area (Å²) in [6.07, 6.45) is 11.0. The Labute approximate surface area is 356 Å². The predicted octanol–water partition coefficient (Wildman–Crippen LogP) is 6.85. The first-order chi connectivity index (χ1) is 29.2. The number of esters is 1. The molecule has 17 heteroatoms. The zero-order valence-corrected chi connectivity index (χ0v) is 36.2. The highest BCUT2D eigenvalue weighted by Crippen LogP contribution is 2.33. The highest BCUT2D eigenvalue weighted by Gasteiger charge is 2.32. The number of aliphatic hydroxyl groups excluding tert-OH is 2. The number of hydrogen-bond acceptors (Lipinski definition) is 16. The molecule has 0 aliphatic carbocycles. The van der Waals surface area contributed by atoms with Gasteiger partial charge in [-0.2, -0.15) is 0 Å². The summed E-state index contributed by atoms with van der Waals surface area (Å²) in [5.41, 5.74) is 0.954. The molecule has 1 aliphatic heterocycles. The van der Waals surface area contributed by atoms with Crippen LogP contribution in [0.15, 0.2) is 62.2 Å². The molecule has 0 aromatic carbocycles. The summed E-state index contributed by atoms with van der Waals surface area (Å²) in [6, 6.07) is 0. The number of ketones is 2. The van der Waals surface area contributed by atoms with Crippen LogP contribution >= 0.6 is 0 Å². The van der Waals surface area contributed by atoms with Crippen LogP contribution in [0.25, 0.3) is 29.2 Å². The number of hydrogen-bond donors (Lipinski definition) is 2. The number of carbonyl (C=O) groups is 4. The molecule has 3 aromatic rings. The van der Waals surface area contributed by atoms with Gasteiger partial charge >= 0.3 is 5.97 Å². The summed E-state index contributed by atoms with van der Waals surface area (Å²) in [6.45, 7) is 7.40. The Bertz CT molecular complexity index is 1960. The Morgan fingerprint density at radius 1 is 0.984 bits per heavy atom. The van der Waals surface area contributed by atoms with E-state index < -0.39 is 54.9 Å². The van der Waals surface area contributed by atoms with Crippen molar-refractivity contribution in [3.8, 4) is 23.2 Å². The van der Waals surface area contributed by atoms with E-state index in [9.17, 15) is 29.4 Å². The molecule has 2 N–H and O–H groups in total. The monoisotopic (exact) mass is 852 g/mol. The van der Waals surface area contributed by atoms with E-state index in [1.807, 2.05) is 26.8 Å². The smallest absolute Gasteiger partial charge is 0.308 e. The van der Waals surface area contributed by atoms with E-state index in [4.69, 9.17) is 32.2 Å². The Balaban J connectivity index is 1.51. The number of oxazole rings is 3. The van der Waals surface area contributed by atoms with Gasteiger partial charge in [0, 0.05) is 71.8 Å². The first kappa shape index (κ1) is 48.4. The molecular formula is C44H60N4O13. The van der Waals surface area contributed by atoms with Gasteiger partial charge in [0.15, 0.2) is 17.2 Å². The lowest BCUT2D eigenvalue weighted by atomic mass is 9.86. The average Bonchev–Trinajstić information content (AvgIpc) is 4.03. The minimum absolute atomic E-state index is 0.0315. The minimum atomic E-state index is -1.38. The molecular weight excluding hydrogens is 792 g/mol. The Morgan fingerprint density at radius 3 is 2.38 bits per heavy atom. The third-order valence-electron chi connectivity index (χ3n) is 11.1. The quantitative estimate of drug-likeness (QED) is 0.118. The van der Waals surface area contributed by atoms with Crippen molar-refractivity contribution in [3.05, 3.63) is 60.6 Å². The van der Waals surface area contributed by atoms with Gasteiger partial charge in [-0.25, -0.2) is 15.0 Å². The summed E-state index contributed by atoms with van der Waals surface area (Å²) < 4.78 is 40.0. The lowest BCUT2D eigenvalue weighted by Crippen LogP contribution is -2.34. The maximum atomic E-state index is 13.4. The second-order valence-electron chi connectivity index (χ2n) is 15.7. The van der Waals surface area contributed by atoms with Gasteiger partial charge in [0.1, 0.15) is 48.2 Å². The van der Waals surface area contributed by atoms with Crippen LogP contribution in [0.5, 0.6) is 0 Å². The van der Waals surface area contributed by atoms with Crippen LogP contribution in [0.1, 0.15) is 96.8 Å². The zero-order valence-electron chi connectivity index (χ0n) is 36.2. The molecule has 0 fully saturated rings. The molecule has 17 nitrogen and oxygen atoms in total. The van der Waals surface area contributed by atoms with Crippen LogP contribution in [0.4, 0.5) is 0 Å². The Kier molecular flexibility index (Phi) is 18.8. The molecule has 1 amide bonds. The molecule has 0 saturated heterocycles. The number of amides is 1. The van der Waals surface area contributed by atoms with Crippen molar-refractivity contribution in [2.24, 2.45) is 23.7 Å². The van der Waals surface area contributed by atoms with Gasteiger partial charge in [-0.3, -0.25) is 19.2 Å². The van der Waals surface area contributed by atoms with E-state index in [2.05, 4.69) is 15.0 Å². The van der Waals surface area contributed by atoms with Crippen molar-refractivity contribution in [2.75, 3.05) is 28.4 Å². The first-order valence-corrected chi connectivity index (χ1v) is 20.5. The number of nitrogens with zero attached hydrogens (tertiary/aromatic N) is 4. The van der Waals surface area contributed by atoms with E-state index in [1.54, 1.807) is 46.5 Å². The number of aromatic nitrogens is 3. The number of allylic oxidation sites excluding steroid dienone is 2. The van der Waals surface area contributed by atoms with Crippen LogP contribution in [-0.2, 0) is 38.1 Å². The third-order valence-corrected chi connectivity index (χ3v) is 11.1. The number of cyclic esters (lactones) is 1. The van der Waals surface area contributed by atoms with E-state index >= 15 is 0 Å². The van der Waals surface area contributed by atoms with Crippen LogP contribution in [0.3, 0.4) is 0 Å². The standard InChI is InChI=1S/C44H60N4O13/c1-26-12-9-10-14-40-45-33(23-58-40)43-47-34(24-60-43)44-46-32(22-59-44)42(57-8)29(4)36(53)19-30(50)18-31(51)20-41(54)61-39(26)21-38(56-7)27(2)15-16-35(52)28(3)37(55-6)13-11-17-48(5)25-49/h10-11,14,17,19,22-29,31,37-39,42,51,53H,9,12-13,15-16,18,20-21H2,1-8H3/b14-10+,17-11+,36-19-/t26-,27+,28+,29+,31+,37-,38+,39+,42+/m1/s1. The van der Waals surface area contributed by atoms with Crippen molar-refractivity contribution >= 4 is 30.0 Å². The normalized spacial score (nSPS) is 24.3. The molecule has 61 heavy (non-hydrogen) atoms. The largest absolute Gasteiger partial charge is 0.512 e. The van der Waals surface area contributed by atoms with Crippen molar-refractivity contribution < 1.29 is 61.6 Å². The number of aliphatic hydroxyl groups is 2. The van der Waals surface area contributed by atoms with Crippen molar-refractivity contribution in [3.63, 3.8) is 0 Å². The van der Waals surface area contributed by atoms with Gasteiger partial charge in [0.2, 0.25) is 24.1 Å². The minimum Gasteiger partial charge on any atom is -0.512 e. The third kappa shape index (κ3) is 14.2. The molecule has 0 saturated carbocycles. The summed E-state index contributed by atoms with van der Waals surface area (Å²) in [5, 5.41) is 21.7. The zero-order chi connectivity index (χ0) is 44.6. The Hall–Kier alpha value is -5.23. The number of rotatable bonds is 15. The molecule has 4 rings (SSSR count). The Morgan fingerprint density at radius 2 is 1.67 bits per heavy atom. The van der Waals surface area contributed by atoms with Gasteiger partial charge in [-0.1, -0.05) is 39.8 Å². The molecule has 3 aromatic heterocycles. The number of carbonyl (C=O) groups excluding carboxylic acids is 4. The lowest BCUT2D eigenvalue weighted by molar-refractivity contribution is -0.156. The number of Topliss-reactive ketones (excluding diaryl/α,β-unsaturated/α-hetero) is 1. The van der Waals surface area contributed by atoms with Gasteiger partial charge in [0.05, 0.1) is 24.7 Å². The predicted molar refractivity (Wildman–Crippen MR) is 221 cm³/mol. The fourth-order valence-electron chi connectivity index (χ4n) is 7.10. The molecule has 0 unspecified atom stereocenters. The molecule has 6 bridgehead atoms. The van der Waals surface area contributed by atoms with Crippen molar-refractivity contribution in [1.29, 1.82) is 0 Å². The molecule has 0 spiro atoms. The van der Waals surface area contributed by atoms with E-state index in [1.165, 1.54) is 30.8 Å². The molecule has 1 aliphatic rings. The van der Waals surface area contributed by atoms with Crippen molar-refractivity contribution in [2.45, 2.75) is 110 Å². The van der Waals surface area contributed by atoms with Crippen LogP contribution in [-0.4, -0.2) is 107 Å². The summed E-state index contributed by atoms with van der Waals surface area (Å²) in [5.74, 6) is -2.41. The number of fused-ring (bicyclic) bond motifs is 8. The second kappa shape index (κ2) is 23.7. The maximum Gasteiger partial charge on any atom is 0.308 e. The maximum absolute atomic E-state index is 13.4. The van der Waals surface area contributed by atoms with E-state index in [-0.39, 0.29) is 59.3 Å². The lowest BCUT2D eigenvalue weighted by Gasteiger charge is -2.31. The van der Waals surface area contributed by atoms with E-state index in [0.29, 0.717) is 55.8 Å². The number of methoxy groups -OCH3 is 3. The van der Waals surface area contributed by atoms with Crippen LogP contribution in [0.2, 0.25) is 0 Å². The fraction of sp³-hybridized carbons (Fsp3) is 0.568. The van der Waals surface area contributed by atoms with Gasteiger partial charge in [-0.05, 0) is 43.6 Å². The second-order valence-corrected chi connectivity index (χ2v) is 15.7.